The molecule has 0 aliphatic heterocycles. The summed E-state index contributed by atoms with van der Waals surface area (Å²) in [5.41, 5.74) is 4.38. The molecule has 1 aliphatic rings. The molecule has 2 heterocycles. The summed E-state index contributed by atoms with van der Waals surface area (Å²) < 4.78 is 1.99. The summed E-state index contributed by atoms with van der Waals surface area (Å²) in [5.74, 6) is 0.706. The van der Waals surface area contributed by atoms with Crippen LogP contribution in [-0.4, -0.2) is 30.9 Å². The van der Waals surface area contributed by atoms with Crippen LogP contribution in [0.15, 0.2) is 84.3 Å². The first-order valence-corrected chi connectivity index (χ1v) is 12.0. The van der Waals surface area contributed by atoms with E-state index in [2.05, 4.69) is 38.7 Å². The van der Waals surface area contributed by atoms with Gasteiger partial charge in [-0.25, -0.2) is 0 Å². The number of rotatable bonds is 6. The molecule has 0 saturated heterocycles. The minimum absolute atomic E-state index is 0.00671. The number of nitrogens with zero attached hydrogens (tertiary/aromatic N) is 4. The Morgan fingerprint density at radius 1 is 1.06 bits per heavy atom. The van der Waals surface area contributed by atoms with Crippen molar-refractivity contribution >= 4 is 17.7 Å². The number of fused-ring (bicyclic) bond motifs is 1. The van der Waals surface area contributed by atoms with Gasteiger partial charge in [0.25, 0.3) is 0 Å². The molecule has 6 nitrogen and oxygen atoms in total. The van der Waals surface area contributed by atoms with E-state index >= 15 is 0 Å². The van der Waals surface area contributed by atoms with Crippen molar-refractivity contribution in [3.8, 4) is 17.1 Å². The SMILES string of the molecule is C[C@@H](Sc1nnc(-c2cccnc2)n1-c1ccccc1)C(=O)N[C@H]1CCCc2ccccc21. The fourth-order valence-electron chi connectivity index (χ4n) is 4.24. The molecular weight excluding hydrogens is 430 g/mol. The van der Waals surface area contributed by atoms with Gasteiger partial charge in [0.15, 0.2) is 11.0 Å². The fourth-order valence-corrected chi connectivity index (χ4v) is 5.12. The Kier molecular flexibility index (Phi) is 6.21. The predicted molar refractivity (Wildman–Crippen MR) is 130 cm³/mol. The highest BCUT2D eigenvalue weighted by molar-refractivity contribution is 8.00. The molecule has 2 aromatic carbocycles. The van der Waals surface area contributed by atoms with E-state index in [1.54, 1.807) is 12.4 Å². The number of aryl methyl sites for hydroxylation is 1. The van der Waals surface area contributed by atoms with Crippen molar-refractivity contribution in [2.75, 3.05) is 0 Å². The van der Waals surface area contributed by atoms with E-state index < -0.39 is 0 Å². The maximum Gasteiger partial charge on any atom is 0.233 e. The van der Waals surface area contributed by atoms with E-state index in [4.69, 9.17) is 0 Å². The standard InChI is InChI=1S/C26H25N5OS/c1-18(25(32)28-23-15-7-10-19-9-5-6-14-22(19)23)33-26-30-29-24(20-11-8-16-27-17-20)31(26)21-12-3-2-4-13-21/h2-6,8-9,11-14,16-18,23H,7,10,15H2,1H3,(H,28,32)/t18-,23+/m1/s1. The molecule has 166 valence electrons. The molecule has 0 unspecified atom stereocenters. The third kappa shape index (κ3) is 4.54. The molecular formula is C26H25N5OS. The number of pyridine rings is 1. The van der Waals surface area contributed by atoms with Crippen LogP contribution in [0.1, 0.15) is 36.9 Å². The van der Waals surface area contributed by atoms with Gasteiger partial charge in [-0.3, -0.25) is 14.3 Å². The Hall–Kier alpha value is -3.45. The van der Waals surface area contributed by atoms with Gasteiger partial charge in [0.05, 0.1) is 11.3 Å². The zero-order valence-electron chi connectivity index (χ0n) is 18.4. The number of aromatic nitrogens is 4. The van der Waals surface area contributed by atoms with Crippen LogP contribution < -0.4 is 5.32 Å². The van der Waals surface area contributed by atoms with Crippen LogP contribution >= 0.6 is 11.8 Å². The summed E-state index contributed by atoms with van der Waals surface area (Å²) >= 11 is 1.42. The van der Waals surface area contributed by atoms with Gasteiger partial charge >= 0.3 is 0 Å². The van der Waals surface area contributed by atoms with Gasteiger partial charge in [-0.2, -0.15) is 0 Å². The molecule has 0 spiro atoms. The quantitative estimate of drug-likeness (QED) is 0.414. The third-order valence-corrected chi connectivity index (χ3v) is 6.95. The maximum atomic E-state index is 13.2. The Morgan fingerprint density at radius 2 is 1.88 bits per heavy atom. The average molecular weight is 456 g/mol. The number of amides is 1. The van der Waals surface area contributed by atoms with Crippen LogP contribution in [0.2, 0.25) is 0 Å². The highest BCUT2D eigenvalue weighted by Crippen LogP contribution is 2.32. The van der Waals surface area contributed by atoms with Crippen LogP contribution in [0.25, 0.3) is 17.1 Å². The number of para-hydroxylation sites is 1. The van der Waals surface area contributed by atoms with Gasteiger partial charge in [-0.05, 0) is 61.6 Å². The highest BCUT2D eigenvalue weighted by Gasteiger charge is 2.26. The van der Waals surface area contributed by atoms with Crippen molar-refractivity contribution < 1.29 is 4.79 Å². The summed E-state index contributed by atoms with van der Waals surface area (Å²) in [6, 6.07) is 22.3. The van der Waals surface area contributed by atoms with Gasteiger partial charge in [0, 0.05) is 23.6 Å². The molecule has 4 aromatic rings. The first kappa shape index (κ1) is 21.4. The summed E-state index contributed by atoms with van der Waals surface area (Å²) in [4.78, 5) is 17.4. The maximum absolute atomic E-state index is 13.2. The van der Waals surface area contributed by atoms with Crippen molar-refractivity contribution in [3.05, 3.63) is 90.3 Å². The van der Waals surface area contributed by atoms with Crippen LogP contribution in [0, 0.1) is 0 Å². The van der Waals surface area contributed by atoms with Crippen molar-refractivity contribution in [2.24, 2.45) is 0 Å². The van der Waals surface area contributed by atoms with E-state index in [1.165, 1.54) is 22.9 Å². The largest absolute Gasteiger partial charge is 0.348 e. The zero-order chi connectivity index (χ0) is 22.6. The molecule has 33 heavy (non-hydrogen) atoms. The summed E-state index contributed by atoms with van der Waals surface area (Å²) in [6.45, 7) is 1.92. The number of carbonyl (C=O) groups is 1. The normalized spacial score (nSPS) is 16.1. The van der Waals surface area contributed by atoms with Crippen molar-refractivity contribution in [2.45, 2.75) is 42.6 Å². The molecule has 1 amide bonds. The molecule has 0 saturated carbocycles. The second-order valence-corrected chi connectivity index (χ2v) is 9.44. The van der Waals surface area contributed by atoms with Gasteiger partial charge in [0.2, 0.25) is 5.91 Å². The number of hydrogen-bond acceptors (Lipinski definition) is 5. The van der Waals surface area contributed by atoms with Crippen LogP contribution in [-0.2, 0) is 11.2 Å². The van der Waals surface area contributed by atoms with Gasteiger partial charge in [-0.15, -0.1) is 10.2 Å². The van der Waals surface area contributed by atoms with Crippen LogP contribution in [0.5, 0.6) is 0 Å². The van der Waals surface area contributed by atoms with Crippen molar-refractivity contribution in [1.29, 1.82) is 0 Å². The van der Waals surface area contributed by atoms with Gasteiger partial charge in [0.1, 0.15) is 0 Å². The number of hydrogen-bond donors (Lipinski definition) is 1. The molecule has 1 aliphatic carbocycles. The average Bonchev–Trinajstić information content (AvgIpc) is 3.28. The second-order valence-electron chi connectivity index (χ2n) is 8.13. The molecule has 0 radical (unpaired) electrons. The van der Waals surface area contributed by atoms with E-state index in [0.29, 0.717) is 11.0 Å². The monoisotopic (exact) mass is 455 g/mol. The second kappa shape index (κ2) is 9.58. The van der Waals surface area contributed by atoms with E-state index in [-0.39, 0.29) is 17.2 Å². The van der Waals surface area contributed by atoms with Gasteiger partial charge in [-0.1, -0.05) is 54.2 Å². The van der Waals surface area contributed by atoms with Crippen LogP contribution in [0.4, 0.5) is 0 Å². The summed E-state index contributed by atoms with van der Waals surface area (Å²) in [5, 5.41) is 12.5. The molecule has 0 bridgehead atoms. The van der Waals surface area contributed by atoms with E-state index in [0.717, 1.165) is 30.5 Å². The summed E-state index contributed by atoms with van der Waals surface area (Å²) in [6.07, 6.45) is 6.63. The lowest BCUT2D eigenvalue weighted by Crippen LogP contribution is -2.36. The minimum atomic E-state index is -0.326. The topological polar surface area (TPSA) is 72.7 Å². The Labute approximate surface area is 197 Å². The Balaban J connectivity index is 1.39. The Bertz CT molecular complexity index is 1240. The first-order chi connectivity index (χ1) is 16.2. The number of thioether (sulfide) groups is 1. The first-order valence-electron chi connectivity index (χ1n) is 11.2. The van der Waals surface area contributed by atoms with Gasteiger partial charge < -0.3 is 5.32 Å². The molecule has 7 heteroatoms. The molecule has 2 atom stereocenters. The molecule has 1 N–H and O–H groups in total. The molecule has 0 fully saturated rings. The number of benzene rings is 2. The third-order valence-electron chi connectivity index (χ3n) is 5.90. The number of nitrogens with one attached hydrogen (secondary N) is 1. The molecule has 5 rings (SSSR count). The lowest BCUT2D eigenvalue weighted by Gasteiger charge is -2.27. The predicted octanol–water partition coefficient (Wildman–Crippen LogP) is 5.00. The van der Waals surface area contributed by atoms with E-state index in [1.807, 2.05) is 60.0 Å². The minimum Gasteiger partial charge on any atom is -0.348 e. The lowest BCUT2D eigenvalue weighted by atomic mass is 9.88. The molecule has 2 aromatic heterocycles. The number of carbonyl (C=O) groups excluding carboxylic acids is 1. The Morgan fingerprint density at radius 3 is 2.70 bits per heavy atom. The van der Waals surface area contributed by atoms with Crippen molar-refractivity contribution in [3.63, 3.8) is 0 Å². The summed E-state index contributed by atoms with van der Waals surface area (Å²) in [7, 11) is 0. The van der Waals surface area contributed by atoms with Crippen LogP contribution in [0.3, 0.4) is 0 Å². The zero-order valence-corrected chi connectivity index (χ0v) is 19.2. The van der Waals surface area contributed by atoms with E-state index in [9.17, 15) is 4.79 Å². The fraction of sp³-hybridized carbons (Fsp3) is 0.231. The van der Waals surface area contributed by atoms with Crippen molar-refractivity contribution in [1.82, 2.24) is 25.1 Å². The highest BCUT2D eigenvalue weighted by atomic mass is 32.2. The smallest absolute Gasteiger partial charge is 0.233 e. The lowest BCUT2D eigenvalue weighted by molar-refractivity contribution is -0.121.